The Morgan fingerprint density at radius 2 is 1.96 bits per heavy atom. The van der Waals surface area contributed by atoms with E-state index in [1.54, 1.807) is 18.2 Å². The fourth-order valence-electron chi connectivity index (χ4n) is 1.90. The maximum atomic E-state index is 12.9. The number of hydrogen-bond acceptors (Lipinski definition) is 4. The van der Waals surface area contributed by atoms with E-state index in [1.165, 1.54) is 30.3 Å². The highest BCUT2D eigenvalue weighted by atomic mass is 35.5. The minimum Gasteiger partial charge on any atom is -0.506 e. The second-order valence-electron chi connectivity index (χ2n) is 4.64. The molecule has 0 spiro atoms. The number of carbonyl (C=O) groups is 1. The highest BCUT2D eigenvalue weighted by Gasteiger charge is 2.24. The summed E-state index contributed by atoms with van der Waals surface area (Å²) in [6, 6.07) is 10.4. The normalized spacial score (nSPS) is 17.7. The molecule has 1 fully saturated rings. The zero-order chi connectivity index (χ0) is 16.4. The number of nitrogens with one attached hydrogen (secondary N) is 1. The van der Waals surface area contributed by atoms with Crippen molar-refractivity contribution in [1.29, 1.82) is 0 Å². The van der Waals surface area contributed by atoms with Crippen molar-refractivity contribution in [2.45, 2.75) is 0 Å². The van der Waals surface area contributed by atoms with Gasteiger partial charge in [-0.2, -0.15) is 0 Å². The van der Waals surface area contributed by atoms with Crippen molar-refractivity contribution in [1.82, 2.24) is 5.32 Å². The van der Waals surface area contributed by atoms with E-state index < -0.39 is 0 Å². The number of phenols is 1. The topological polar surface area (TPSA) is 61.7 Å². The molecule has 1 amide bonds. The van der Waals surface area contributed by atoms with Gasteiger partial charge in [0.25, 0.3) is 5.91 Å². The van der Waals surface area contributed by atoms with Crippen LogP contribution >= 0.6 is 23.4 Å². The van der Waals surface area contributed by atoms with Gasteiger partial charge in [-0.3, -0.25) is 4.79 Å². The molecule has 0 radical (unpaired) electrons. The van der Waals surface area contributed by atoms with Crippen LogP contribution in [0.5, 0.6) is 5.75 Å². The molecule has 1 heterocycles. The molecule has 1 aliphatic rings. The lowest BCUT2D eigenvalue weighted by Gasteiger charge is -2.00. The molecule has 0 unspecified atom stereocenters. The first kappa shape index (κ1) is 15.6. The number of phenolic OH excluding ortho intramolecular Hbond substituents is 1. The summed E-state index contributed by atoms with van der Waals surface area (Å²) in [6.07, 6.45) is 1.58. The van der Waals surface area contributed by atoms with Crippen molar-refractivity contribution in [3.63, 3.8) is 0 Å². The molecule has 0 aliphatic carbocycles. The summed E-state index contributed by atoms with van der Waals surface area (Å²) < 4.78 is 12.9. The van der Waals surface area contributed by atoms with Crippen LogP contribution in [0.3, 0.4) is 0 Å². The number of amidine groups is 1. The Labute approximate surface area is 140 Å². The molecule has 7 heteroatoms. The van der Waals surface area contributed by atoms with Crippen molar-refractivity contribution < 1.29 is 14.3 Å². The number of nitrogens with zero attached hydrogens (tertiary/aromatic N) is 1. The Bertz CT molecular complexity index is 834. The predicted molar refractivity (Wildman–Crippen MR) is 90.3 cm³/mol. The molecule has 0 bridgehead atoms. The minimum absolute atomic E-state index is 0.0513. The van der Waals surface area contributed by atoms with Gasteiger partial charge in [-0.25, -0.2) is 9.38 Å². The van der Waals surface area contributed by atoms with Crippen LogP contribution in [0.25, 0.3) is 6.08 Å². The number of amides is 1. The summed E-state index contributed by atoms with van der Waals surface area (Å²) >= 11 is 7.14. The molecule has 23 heavy (non-hydrogen) atoms. The van der Waals surface area contributed by atoms with Gasteiger partial charge in [-0.15, -0.1) is 0 Å². The van der Waals surface area contributed by atoms with E-state index >= 15 is 0 Å². The van der Waals surface area contributed by atoms with Gasteiger partial charge in [0.2, 0.25) is 0 Å². The number of benzene rings is 2. The first-order chi connectivity index (χ1) is 11.0. The van der Waals surface area contributed by atoms with Gasteiger partial charge in [0, 0.05) is 0 Å². The van der Waals surface area contributed by atoms with Crippen LogP contribution in [-0.2, 0) is 4.79 Å². The molecule has 2 aromatic carbocycles. The minimum atomic E-state index is -0.351. The zero-order valence-electron chi connectivity index (χ0n) is 11.6. The van der Waals surface area contributed by atoms with E-state index in [0.29, 0.717) is 21.3 Å². The summed E-state index contributed by atoms with van der Waals surface area (Å²) in [5.74, 6) is -0.712. The smallest absolute Gasteiger partial charge is 0.264 e. The third kappa shape index (κ3) is 3.55. The van der Waals surface area contributed by atoms with Gasteiger partial charge < -0.3 is 10.4 Å². The van der Waals surface area contributed by atoms with Crippen LogP contribution in [0.2, 0.25) is 5.02 Å². The van der Waals surface area contributed by atoms with Crippen LogP contribution in [0, 0.1) is 5.82 Å². The molecule has 1 saturated heterocycles. The molecule has 0 aromatic heterocycles. The van der Waals surface area contributed by atoms with E-state index in [1.807, 2.05) is 0 Å². The van der Waals surface area contributed by atoms with Crippen molar-refractivity contribution in [3.8, 4) is 5.75 Å². The SMILES string of the molecule is O=C1NC(=Nc2ccc(F)cc2)S/C1=C\c1cccc(O)c1Cl. The van der Waals surface area contributed by atoms with E-state index in [4.69, 9.17) is 11.6 Å². The Balaban J connectivity index is 1.86. The number of carbonyl (C=O) groups excluding carboxylic acids is 1. The molecule has 3 rings (SSSR count). The average Bonchev–Trinajstić information content (AvgIpc) is 2.86. The van der Waals surface area contributed by atoms with Gasteiger partial charge >= 0.3 is 0 Å². The van der Waals surface area contributed by atoms with Gasteiger partial charge in [0.1, 0.15) is 11.6 Å². The summed E-state index contributed by atoms with van der Waals surface area (Å²) in [5, 5.41) is 12.8. The maximum Gasteiger partial charge on any atom is 0.264 e. The third-order valence-corrected chi connectivity index (χ3v) is 4.32. The standard InChI is InChI=1S/C16H10ClFN2O2S/c17-14-9(2-1-3-12(14)21)8-13-15(22)20-16(23-13)19-11-6-4-10(18)5-7-11/h1-8,21H,(H,19,20,22)/b13-8-. The summed E-state index contributed by atoms with van der Waals surface area (Å²) in [5.41, 5.74) is 1.07. The van der Waals surface area contributed by atoms with Gasteiger partial charge in [-0.05, 0) is 53.7 Å². The lowest BCUT2D eigenvalue weighted by atomic mass is 10.2. The Hall–Kier alpha value is -2.31. The van der Waals surface area contributed by atoms with Crippen molar-refractivity contribution >= 4 is 46.2 Å². The van der Waals surface area contributed by atoms with E-state index in [0.717, 1.165) is 11.8 Å². The van der Waals surface area contributed by atoms with Crippen LogP contribution in [0.4, 0.5) is 10.1 Å². The first-order valence-electron chi connectivity index (χ1n) is 6.55. The molecular weight excluding hydrogens is 339 g/mol. The van der Waals surface area contributed by atoms with Crippen LogP contribution in [0.1, 0.15) is 5.56 Å². The van der Waals surface area contributed by atoms with E-state index in [2.05, 4.69) is 10.3 Å². The van der Waals surface area contributed by atoms with E-state index in [-0.39, 0.29) is 22.5 Å². The molecule has 0 saturated carbocycles. The van der Waals surface area contributed by atoms with Crippen molar-refractivity contribution in [2.75, 3.05) is 0 Å². The molecule has 4 nitrogen and oxygen atoms in total. The maximum absolute atomic E-state index is 12.9. The fourth-order valence-corrected chi connectivity index (χ4v) is 2.92. The molecule has 116 valence electrons. The highest BCUT2D eigenvalue weighted by molar-refractivity contribution is 8.18. The van der Waals surface area contributed by atoms with Crippen LogP contribution in [0.15, 0.2) is 52.4 Å². The molecule has 1 aliphatic heterocycles. The lowest BCUT2D eigenvalue weighted by Crippen LogP contribution is -2.19. The Morgan fingerprint density at radius 3 is 2.70 bits per heavy atom. The lowest BCUT2D eigenvalue weighted by molar-refractivity contribution is -0.115. The van der Waals surface area contributed by atoms with Crippen LogP contribution < -0.4 is 5.32 Å². The van der Waals surface area contributed by atoms with E-state index in [9.17, 15) is 14.3 Å². The zero-order valence-corrected chi connectivity index (χ0v) is 13.2. The molecule has 0 atom stereocenters. The highest BCUT2D eigenvalue weighted by Crippen LogP contribution is 2.32. The largest absolute Gasteiger partial charge is 0.506 e. The number of halogens is 2. The monoisotopic (exact) mass is 348 g/mol. The predicted octanol–water partition coefficient (Wildman–Crippen LogP) is 4.08. The third-order valence-electron chi connectivity index (χ3n) is 3.00. The number of thioether (sulfide) groups is 1. The van der Waals surface area contributed by atoms with Crippen molar-refractivity contribution in [2.24, 2.45) is 4.99 Å². The van der Waals surface area contributed by atoms with Crippen molar-refractivity contribution in [3.05, 3.63) is 63.8 Å². The number of aliphatic imine (C=N–C) groups is 1. The molecule has 2 N–H and O–H groups in total. The quantitative estimate of drug-likeness (QED) is 0.804. The second kappa shape index (κ2) is 6.44. The summed E-state index contributed by atoms with van der Waals surface area (Å²) in [7, 11) is 0. The molecule has 2 aromatic rings. The second-order valence-corrected chi connectivity index (χ2v) is 6.05. The molecular formula is C16H10ClFN2O2S. The van der Waals surface area contributed by atoms with Gasteiger partial charge in [-0.1, -0.05) is 23.7 Å². The first-order valence-corrected chi connectivity index (χ1v) is 7.75. The number of aromatic hydroxyl groups is 1. The average molecular weight is 349 g/mol. The summed E-state index contributed by atoms with van der Waals surface area (Å²) in [6.45, 7) is 0. The fraction of sp³-hybridized carbons (Fsp3) is 0. The Morgan fingerprint density at radius 1 is 1.22 bits per heavy atom. The van der Waals surface area contributed by atoms with Crippen LogP contribution in [-0.4, -0.2) is 16.2 Å². The van der Waals surface area contributed by atoms with Gasteiger partial charge in [0.05, 0.1) is 15.6 Å². The number of hydrogen-bond donors (Lipinski definition) is 2. The Kier molecular flexibility index (Phi) is 4.36. The number of rotatable bonds is 2. The summed E-state index contributed by atoms with van der Waals surface area (Å²) in [4.78, 5) is 16.6. The van der Waals surface area contributed by atoms with Gasteiger partial charge in [0.15, 0.2) is 5.17 Å².